The van der Waals surface area contributed by atoms with Gasteiger partial charge in [0.25, 0.3) is 5.69 Å². The van der Waals surface area contributed by atoms with Crippen molar-refractivity contribution >= 4 is 43.8 Å². The van der Waals surface area contributed by atoms with Crippen LogP contribution in [0.2, 0.25) is 5.02 Å². The van der Waals surface area contributed by atoms with Gasteiger partial charge in [-0.25, -0.2) is 13.4 Å². The van der Waals surface area contributed by atoms with Crippen molar-refractivity contribution in [3.63, 3.8) is 0 Å². The molecular formula is C15H13ClN4O4S. The van der Waals surface area contributed by atoms with Crippen molar-refractivity contribution in [2.24, 2.45) is 0 Å². The maximum atomic E-state index is 12.9. The highest BCUT2D eigenvalue weighted by atomic mass is 35.5. The standard InChI is InChI=1S/C15H13ClN4O4S/c1-2-15-18-11-6-9(16)14(7-12(11)19-15)25(23,24)8-3-4-13(20(21)22)10(17)5-8/h3-7H,2,17H2,1H3,(H,18,19). The van der Waals surface area contributed by atoms with E-state index in [1.807, 2.05) is 6.92 Å². The molecule has 0 radical (unpaired) electrons. The molecule has 10 heteroatoms. The third-order valence-electron chi connectivity index (χ3n) is 3.71. The number of aromatic nitrogens is 2. The fourth-order valence-corrected chi connectivity index (χ4v) is 4.27. The predicted molar refractivity (Wildman–Crippen MR) is 93.4 cm³/mol. The Morgan fingerprint density at radius 2 is 2.04 bits per heavy atom. The molecule has 0 unspecified atom stereocenters. The Morgan fingerprint density at radius 1 is 1.32 bits per heavy atom. The van der Waals surface area contributed by atoms with Gasteiger partial charge in [0.15, 0.2) is 0 Å². The Hall–Kier alpha value is -2.65. The van der Waals surface area contributed by atoms with E-state index in [9.17, 15) is 18.5 Å². The van der Waals surface area contributed by atoms with Crippen molar-refractivity contribution in [3.8, 4) is 0 Å². The number of nitrogens with two attached hydrogens (primary N) is 1. The number of fused-ring (bicyclic) bond motifs is 1. The van der Waals surface area contributed by atoms with Gasteiger partial charge in [-0.05, 0) is 24.3 Å². The lowest BCUT2D eigenvalue weighted by atomic mass is 10.3. The lowest BCUT2D eigenvalue weighted by Crippen LogP contribution is -2.05. The van der Waals surface area contributed by atoms with Crippen molar-refractivity contribution in [2.75, 3.05) is 5.73 Å². The minimum absolute atomic E-state index is 0.0126. The number of sulfone groups is 1. The first kappa shape index (κ1) is 17.2. The topological polar surface area (TPSA) is 132 Å². The maximum Gasteiger partial charge on any atom is 0.292 e. The monoisotopic (exact) mass is 380 g/mol. The van der Waals surface area contributed by atoms with E-state index in [0.29, 0.717) is 23.3 Å². The maximum absolute atomic E-state index is 12.9. The molecule has 3 N–H and O–H groups in total. The molecule has 1 heterocycles. The number of nitrogen functional groups attached to an aromatic ring is 1. The summed E-state index contributed by atoms with van der Waals surface area (Å²) in [7, 11) is -4.01. The third-order valence-corrected chi connectivity index (χ3v) is 5.93. The average molecular weight is 381 g/mol. The molecule has 0 atom stereocenters. The van der Waals surface area contributed by atoms with Crippen LogP contribution in [0.25, 0.3) is 11.0 Å². The van der Waals surface area contributed by atoms with Gasteiger partial charge in [-0.15, -0.1) is 0 Å². The number of H-pyrrole nitrogens is 1. The first-order chi connectivity index (χ1) is 11.7. The summed E-state index contributed by atoms with van der Waals surface area (Å²) >= 11 is 6.14. The van der Waals surface area contributed by atoms with E-state index >= 15 is 0 Å². The minimum Gasteiger partial charge on any atom is -0.393 e. The van der Waals surface area contributed by atoms with Gasteiger partial charge in [0.2, 0.25) is 9.84 Å². The molecular weight excluding hydrogens is 368 g/mol. The number of nitro groups is 1. The van der Waals surface area contributed by atoms with Gasteiger partial charge in [0.05, 0.1) is 30.8 Å². The Bertz CT molecular complexity index is 1110. The van der Waals surface area contributed by atoms with Crippen LogP contribution in [0.1, 0.15) is 12.7 Å². The number of aromatic amines is 1. The number of aryl methyl sites for hydroxylation is 1. The SMILES string of the molecule is CCc1nc2cc(Cl)c(S(=O)(=O)c3ccc([N+](=O)[O-])c(N)c3)cc2[nH]1. The summed E-state index contributed by atoms with van der Waals surface area (Å²) in [5.41, 5.74) is 6.09. The van der Waals surface area contributed by atoms with Crippen LogP contribution in [0.3, 0.4) is 0 Å². The lowest BCUT2D eigenvalue weighted by Gasteiger charge is -2.08. The van der Waals surface area contributed by atoms with Gasteiger partial charge in [-0.2, -0.15) is 0 Å². The first-order valence-corrected chi connectivity index (χ1v) is 9.07. The van der Waals surface area contributed by atoms with Gasteiger partial charge >= 0.3 is 0 Å². The zero-order chi connectivity index (χ0) is 18.4. The summed E-state index contributed by atoms with van der Waals surface area (Å²) in [6.07, 6.45) is 0.660. The summed E-state index contributed by atoms with van der Waals surface area (Å²) in [5.74, 6) is 0.709. The van der Waals surface area contributed by atoms with Gasteiger partial charge in [-0.3, -0.25) is 10.1 Å². The molecule has 0 amide bonds. The summed E-state index contributed by atoms with van der Waals surface area (Å²) in [6, 6.07) is 6.11. The largest absolute Gasteiger partial charge is 0.393 e. The van der Waals surface area contributed by atoms with Crippen molar-refractivity contribution in [3.05, 3.63) is 51.3 Å². The normalized spacial score (nSPS) is 11.8. The van der Waals surface area contributed by atoms with Crippen LogP contribution in [0.5, 0.6) is 0 Å². The molecule has 0 aliphatic heterocycles. The summed E-state index contributed by atoms with van der Waals surface area (Å²) in [5, 5.41) is 10.8. The molecule has 25 heavy (non-hydrogen) atoms. The van der Waals surface area contributed by atoms with E-state index in [0.717, 1.165) is 18.2 Å². The van der Waals surface area contributed by atoms with Gasteiger partial charge in [-0.1, -0.05) is 18.5 Å². The Kier molecular flexibility index (Phi) is 4.13. The summed E-state index contributed by atoms with van der Waals surface area (Å²) in [4.78, 5) is 17.2. The molecule has 2 aromatic carbocycles. The van der Waals surface area contributed by atoms with E-state index in [-0.39, 0.29) is 26.2 Å². The van der Waals surface area contributed by atoms with E-state index in [1.165, 1.54) is 12.1 Å². The van der Waals surface area contributed by atoms with Gasteiger partial charge in [0.1, 0.15) is 11.5 Å². The van der Waals surface area contributed by atoms with Gasteiger partial charge in [0, 0.05) is 12.5 Å². The quantitative estimate of drug-likeness (QED) is 0.406. The number of nitrogens with zero attached hydrogens (tertiary/aromatic N) is 2. The summed E-state index contributed by atoms with van der Waals surface area (Å²) in [6.45, 7) is 1.91. The molecule has 3 rings (SSSR count). The van der Waals surface area contributed by atoms with E-state index < -0.39 is 14.8 Å². The molecule has 0 aliphatic carbocycles. The second-order valence-corrected chi connectivity index (χ2v) is 7.64. The molecule has 0 saturated carbocycles. The average Bonchev–Trinajstić information content (AvgIpc) is 2.95. The fourth-order valence-electron chi connectivity index (χ4n) is 2.43. The first-order valence-electron chi connectivity index (χ1n) is 7.21. The molecule has 0 fully saturated rings. The number of anilines is 1. The highest BCUT2D eigenvalue weighted by molar-refractivity contribution is 7.91. The van der Waals surface area contributed by atoms with Crippen LogP contribution >= 0.6 is 11.6 Å². The highest BCUT2D eigenvalue weighted by Crippen LogP contribution is 2.33. The second kappa shape index (κ2) is 6.01. The van der Waals surface area contributed by atoms with Crippen molar-refractivity contribution in [1.29, 1.82) is 0 Å². The minimum atomic E-state index is -4.01. The third kappa shape index (κ3) is 2.92. The smallest absolute Gasteiger partial charge is 0.292 e. The Balaban J connectivity index is 2.17. The zero-order valence-electron chi connectivity index (χ0n) is 13.0. The lowest BCUT2D eigenvalue weighted by molar-refractivity contribution is -0.383. The predicted octanol–water partition coefficient (Wildman–Crippen LogP) is 3.10. The Labute approximate surface area is 147 Å². The number of hydrogen-bond acceptors (Lipinski definition) is 6. The fraction of sp³-hybridized carbons (Fsp3) is 0.133. The number of nitro benzene ring substituents is 1. The van der Waals surface area contributed by atoms with Crippen LogP contribution in [0.4, 0.5) is 11.4 Å². The highest BCUT2D eigenvalue weighted by Gasteiger charge is 2.24. The number of rotatable bonds is 4. The zero-order valence-corrected chi connectivity index (χ0v) is 14.6. The molecule has 0 saturated heterocycles. The van der Waals surface area contributed by atoms with Crippen LogP contribution in [-0.2, 0) is 16.3 Å². The van der Waals surface area contributed by atoms with Crippen LogP contribution in [-0.4, -0.2) is 23.3 Å². The van der Waals surface area contributed by atoms with Crippen molar-refractivity contribution < 1.29 is 13.3 Å². The van der Waals surface area contributed by atoms with Gasteiger partial charge < -0.3 is 10.7 Å². The van der Waals surface area contributed by atoms with Crippen molar-refractivity contribution in [1.82, 2.24) is 9.97 Å². The number of imidazole rings is 1. The van der Waals surface area contributed by atoms with Crippen LogP contribution in [0.15, 0.2) is 40.1 Å². The van der Waals surface area contributed by atoms with E-state index in [4.69, 9.17) is 17.3 Å². The van der Waals surface area contributed by atoms with Crippen LogP contribution < -0.4 is 5.73 Å². The molecule has 0 spiro atoms. The molecule has 0 bridgehead atoms. The molecule has 3 aromatic rings. The molecule has 130 valence electrons. The van der Waals surface area contributed by atoms with E-state index in [1.54, 1.807) is 0 Å². The molecule has 0 aliphatic rings. The molecule has 1 aromatic heterocycles. The number of halogens is 1. The van der Waals surface area contributed by atoms with Crippen LogP contribution in [0, 0.1) is 10.1 Å². The van der Waals surface area contributed by atoms with Crippen molar-refractivity contribution in [2.45, 2.75) is 23.1 Å². The number of nitrogens with one attached hydrogen (secondary N) is 1. The summed E-state index contributed by atoms with van der Waals surface area (Å²) < 4.78 is 25.7. The number of hydrogen-bond donors (Lipinski definition) is 2. The second-order valence-electron chi connectivity index (χ2n) is 5.32. The van der Waals surface area contributed by atoms with E-state index in [2.05, 4.69) is 9.97 Å². The number of benzene rings is 2. The molecule has 8 nitrogen and oxygen atoms in total. The Morgan fingerprint density at radius 3 is 2.64 bits per heavy atom.